The number of hydrogen-bond acceptors (Lipinski definition) is 10. The van der Waals surface area contributed by atoms with Gasteiger partial charge in [0.2, 0.25) is 0 Å². The van der Waals surface area contributed by atoms with Gasteiger partial charge in [0, 0.05) is 37.2 Å². The Morgan fingerprint density at radius 2 is 1.78 bits per heavy atom. The molecule has 2 fully saturated rings. The van der Waals surface area contributed by atoms with Gasteiger partial charge >= 0.3 is 17.9 Å². The van der Waals surface area contributed by atoms with Gasteiger partial charge < -0.3 is 23.7 Å². The summed E-state index contributed by atoms with van der Waals surface area (Å²) in [4.78, 5) is 35.8. The second-order valence-corrected chi connectivity index (χ2v) is 11.2. The third-order valence-corrected chi connectivity index (χ3v) is 8.30. The monoisotopic (exact) mass is 524 g/mol. The Labute approximate surface area is 210 Å². The summed E-state index contributed by atoms with van der Waals surface area (Å²) in [6.07, 6.45) is -2.65. The highest BCUT2D eigenvalue weighted by atomic mass is 32.2. The molecule has 10 nitrogen and oxygen atoms in total. The van der Waals surface area contributed by atoms with Crippen LogP contribution in [0.5, 0.6) is 0 Å². The zero-order chi connectivity index (χ0) is 26.6. The fourth-order valence-corrected chi connectivity index (χ4v) is 6.45. The van der Waals surface area contributed by atoms with Gasteiger partial charge in [0.25, 0.3) is 0 Å². The highest BCUT2D eigenvalue weighted by Gasteiger charge is 2.55. The van der Waals surface area contributed by atoms with E-state index in [1.54, 1.807) is 24.3 Å². The predicted octanol–water partition coefficient (Wildman–Crippen LogP) is 1.99. The van der Waals surface area contributed by atoms with E-state index >= 15 is 0 Å². The molecule has 0 saturated carbocycles. The smallest absolute Gasteiger partial charge is 0.333 e. The van der Waals surface area contributed by atoms with Gasteiger partial charge in [-0.3, -0.25) is 9.59 Å². The minimum atomic E-state index is -3.69. The highest BCUT2D eigenvalue weighted by Crippen LogP contribution is 2.46. The third-order valence-electron chi connectivity index (χ3n) is 6.45. The Morgan fingerprint density at radius 1 is 1.11 bits per heavy atom. The zero-order valence-corrected chi connectivity index (χ0v) is 21.6. The molecule has 2 aliphatic heterocycles. The third kappa shape index (κ3) is 6.51. The molecular formula is C25H32O10S. The summed E-state index contributed by atoms with van der Waals surface area (Å²) in [5.41, 5.74) is 1.06. The number of aryl methyl sites for hydroxylation is 1. The van der Waals surface area contributed by atoms with E-state index in [1.165, 1.54) is 21.0 Å². The van der Waals surface area contributed by atoms with Crippen LogP contribution in [-0.4, -0.2) is 70.9 Å². The Hall–Kier alpha value is -2.76. The van der Waals surface area contributed by atoms with Crippen LogP contribution < -0.4 is 0 Å². The molecule has 3 rings (SSSR count). The minimum absolute atomic E-state index is 0.0379. The molecular weight excluding hydrogens is 492 g/mol. The Morgan fingerprint density at radius 3 is 2.36 bits per heavy atom. The minimum Gasteiger partial charge on any atom is -0.466 e. The number of ether oxygens (including phenoxy) is 5. The summed E-state index contributed by atoms with van der Waals surface area (Å²) in [5.74, 6) is -3.71. The maximum absolute atomic E-state index is 13.2. The van der Waals surface area contributed by atoms with E-state index in [2.05, 4.69) is 6.58 Å². The molecule has 36 heavy (non-hydrogen) atoms. The maximum atomic E-state index is 13.2. The molecule has 1 aromatic carbocycles. The molecule has 11 heteroatoms. The average Bonchev–Trinajstić information content (AvgIpc) is 3.20. The first-order chi connectivity index (χ1) is 16.9. The van der Waals surface area contributed by atoms with E-state index in [0.717, 1.165) is 5.56 Å². The number of hydrogen-bond donors (Lipinski definition) is 0. The highest BCUT2D eigenvalue weighted by molar-refractivity contribution is 7.91. The van der Waals surface area contributed by atoms with Crippen molar-refractivity contribution in [3.8, 4) is 0 Å². The van der Waals surface area contributed by atoms with Gasteiger partial charge in [0.15, 0.2) is 16.1 Å². The van der Waals surface area contributed by atoms with Crippen LogP contribution >= 0.6 is 0 Å². The van der Waals surface area contributed by atoms with E-state index in [4.69, 9.17) is 23.7 Å². The number of carbonyl (C=O) groups excluding carboxylic acids is 3. The van der Waals surface area contributed by atoms with E-state index in [9.17, 15) is 22.8 Å². The molecule has 0 aliphatic carbocycles. The zero-order valence-electron chi connectivity index (χ0n) is 20.8. The topological polar surface area (TPSA) is 131 Å². The number of esters is 3. The van der Waals surface area contributed by atoms with Crippen molar-refractivity contribution in [1.82, 2.24) is 0 Å². The summed E-state index contributed by atoms with van der Waals surface area (Å²) >= 11 is 0. The first-order valence-corrected chi connectivity index (χ1v) is 13.2. The van der Waals surface area contributed by atoms with Crippen LogP contribution in [0.1, 0.15) is 25.8 Å². The van der Waals surface area contributed by atoms with Crippen molar-refractivity contribution in [3.63, 3.8) is 0 Å². The van der Waals surface area contributed by atoms with Crippen LogP contribution in [0.2, 0.25) is 0 Å². The Kier molecular flexibility index (Phi) is 8.91. The lowest BCUT2D eigenvalue weighted by molar-refractivity contribution is -0.254. The molecule has 0 aromatic heterocycles. The second kappa shape index (κ2) is 11.5. The average molecular weight is 525 g/mol. The molecule has 0 amide bonds. The Balaban J connectivity index is 1.95. The van der Waals surface area contributed by atoms with E-state index in [-0.39, 0.29) is 35.9 Å². The predicted molar refractivity (Wildman–Crippen MR) is 126 cm³/mol. The molecule has 1 aromatic rings. The van der Waals surface area contributed by atoms with Gasteiger partial charge in [-0.15, -0.1) is 0 Å². The number of carbonyl (C=O) groups is 3. The van der Waals surface area contributed by atoms with Crippen LogP contribution in [0.25, 0.3) is 0 Å². The summed E-state index contributed by atoms with van der Waals surface area (Å²) in [7, 11) is -2.46. The normalized spacial score (nSPS) is 27.6. The molecule has 2 heterocycles. The first-order valence-electron chi connectivity index (χ1n) is 11.6. The van der Waals surface area contributed by atoms with E-state index in [0.29, 0.717) is 0 Å². The molecule has 0 unspecified atom stereocenters. The summed E-state index contributed by atoms with van der Waals surface area (Å²) in [6.45, 7) is 8.00. The molecule has 0 bridgehead atoms. The molecule has 0 N–H and O–H groups in total. The SMILES string of the molecule is C=C(C[C@H]1[C@@H](OC(C)=O)[C@@H](COC(C)=O)O[C@@H]2OC[C@H](CS(=O)(=O)c3ccc(C)cc3)[C@@H]21)C(=O)OC. The van der Waals surface area contributed by atoms with Crippen LogP contribution in [0.4, 0.5) is 0 Å². The van der Waals surface area contributed by atoms with Crippen LogP contribution in [0.3, 0.4) is 0 Å². The van der Waals surface area contributed by atoms with Gasteiger partial charge in [0.05, 0.1) is 24.4 Å². The number of fused-ring (bicyclic) bond motifs is 1. The van der Waals surface area contributed by atoms with Crippen LogP contribution in [0, 0.1) is 24.7 Å². The molecule has 2 saturated heterocycles. The maximum Gasteiger partial charge on any atom is 0.333 e. The second-order valence-electron chi connectivity index (χ2n) is 9.15. The van der Waals surface area contributed by atoms with Gasteiger partial charge in [-0.05, 0) is 25.5 Å². The summed E-state index contributed by atoms with van der Waals surface area (Å²) in [6, 6.07) is 6.57. The van der Waals surface area contributed by atoms with Gasteiger partial charge in [-0.2, -0.15) is 0 Å². The van der Waals surface area contributed by atoms with E-state index in [1.807, 2.05) is 6.92 Å². The van der Waals surface area contributed by atoms with E-state index < -0.39 is 64.0 Å². The fraction of sp³-hybridized carbons (Fsp3) is 0.560. The van der Waals surface area contributed by atoms with Crippen molar-refractivity contribution in [1.29, 1.82) is 0 Å². The summed E-state index contributed by atoms with van der Waals surface area (Å²) in [5, 5.41) is 0. The fourth-order valence-electron chi connectivity index (χ4n) is 4.82. The van der Waals surface area contributed by atoms with Crippen LogP contribution in [0.15, 0.2) is 41.3 Å². The van der Waals surface area contributed by atoms with Crippen molar-refractivity contribution in [2.75, 3.05) is 26.1 Å². The number of methoxy groups -OCH3 is 1. The standard InChI is InChI=1S/C25H32O10S/c1-14-6-8-19(9-7-14)36(29,30)13-18-11-33-25-22(18)20(10-15(2)24(28)31-5)23(34-17(4)27)21(35-25)12-32-16(3)26/h6-9,18,20-23,25H,2,10-13H2,1,3-5H3/t18-,20-,21-,22-,23-,25+/m1/s1. The van der Waals surface area contributed by atoms with Crippen LogP contribution in [-0.2, 0) is 47.9 Å². The Bertz CT molecular complexity index is 1090. The van der Waals surface area contributed by atoms with Gasteiger partial charge in [0.1, 0.15) is 18.8 Å². The van der Waals surface area contributed by atoms with Crippen molar-refractivity contribution < 1.29 is 46.5 Å². The number of rotatable bonds is 9. The lowest BCUT2D eigenvalue weighted by Crippen LogP contribution is -2.55. The first kappa shape index (κ1) is 27.8. The van der Waals surface area contributed by atoms with Crippen molar-refractivity contribution in [2.45, 2.75) is 50.6 Å². The largest absolute Gasteiger partial charge is 0.466 e. The molecule has 6 atom stereocenters. The molecule has 0 radical (unpaired) electrons. The van der Waals surface area contributed by atoms with Gasteiger partial charge in [-0.25, -0.2) is 13.2 Å². The molecule has 2 aliphatic rings. The van der Waals surface area contributed by atoms with Crippen molar-refractivity contribution in [3.05, 3.63) is 42.0 Å². The number of benzene rings is 1. The summed E-state index contributed by atoms with van der Waals surface area (Å²) < 4.78 is 53.8. The number of sulfone groups is 1. The van der Waals surface area contributed by atoms with Gasteiger partial charge in [-0.1, -0.05) is 24.3 Å². The van der Waals surface area contributed by atoms with Crippen molar-refractivity contribution in [2.24, 2.45) is 17.8 Å². The lowest BCUT2D eigenvalue weighted by atomic mass is 9.74. The molecule has 198 valence electrons. The van der Waals surface area contributed by atoms with Crippen molar-refractivity contribution >= 4 is 27.7 Å². The molecule has 0 spiro atoms. The lowest BCUT2D eigenvalue weighted by Gasteiger charge is -2.44. The quantitative estimate of drug-likeness (QED) is 0.268.